The molecule has 3 heteroatoms. The molecule has 2 unspecified atom stereocenters. The van der Waals surface area contributed by atoms with Crippen LogP contribution in [0.15, 0.2) is 12.4 Å². The maximum atomic E-state index is 4.31. The van der Waals surface area contributed by atoms with Crippen molar-refractivity contribution in [2.45, 2.75) is 45.1 Å². The number of nitrogens with one attached hydrogen (secondary N) is 1. The van der Waals surface area contributed by atoms with E-state index in [1.54, 1.807) is 0 Å². The molecule has 0 saturated heterocycles. The minimum atomic E-state index is 0.629. The Labute approximate surface area is 91.9 Å². The number of aryl methyl sites for hydroxylation is 1. The molecule has 0 radical (unpaired) electrons. The van der Waals surface area contributed by atoms with E-state index in [2.05, 4.69) is 21.8 Å². The third kappa shape index (κ3) is 2.52. The summed E-state index contributed by atoms with van der Waals surface area (Å²) in [7, 11) is 2.04. The number of imidazole rings is 1. The van der Waals surface area contributed by atoms with Gasteiger partial charge in [-0.25, -0.2) is 4.98 Å². The molecule has 1 fully saturated rings. The number of hydrogen-bond donors (Lipinski definition) is 1. The third-order valence-electron chi connectivity index (χ3n) is 3.51. The van der Waals surface area contributed by atoms with E-state index in [1.165, 1.54) is 32.1 Å². The zero-order chi connectivity index (χ0) is 10.7. The van der Waals surface area contributed by atoms with Crippen LogP contribution in [0.4, 0.5) is 5.95 Å². The van der Waals surface area contributed by atoms with Gasteiger partial charge >= 0.3 is 0 Å². The van der Waals surface area contributed by atoms with Gasteiger partial charge in [-0.1, -0.05) is 26.2 Å². The molecule has 0 bridgehead atoms. The fourth-order valence-corrected chi connectivity index (χ4v) is 2.48. The van der Waals surface area contributed by atoms with Gasteiger partial charge in [0.2, 0.25) is 5.95 Å². The maximum Gasteiger partial charge on any atom is 0.202 e. The predicted octanol–water partition coefficient (Wildman–Crippen LogP) is 2.80. The van der Waals surface area contributed by atoms with Gasteiger partial charge in [-0.05, 0) is 18.8 Å². The van der Waals surface area contributed by atoms with Crippen LogP contribution >= 0.6 is 0 Å². The summed E-state index contributed by atoms with van der Waals surface area (Å²) in [6.45, 7) is 2.30. The first kappa shape index (κ1) is 10.5. The Morgan fingerprint density at radius 1 is 1.53 bits per heavy atom. The van der Waals surface area contributed by atoms with Crippen LogP contribution in [-0.4, -0.2) is 15.6 Å². The lowest BCUT2D eigenvalue weighted by molar-refractivity contribution is 0.326. The predicted molar refractivity (Wildman–Crippen MR) is 62.9 cm³/mol. The van der Waals surface area contributed by atoms with E-state index in [9.17, 15) is 0 Å². The van der Waals surface area contributed by atoms with Crippen molar-refractivity contribution >= 4 is 5.95 Å². The minimum absolute atomic E-state index is 0.629. The van der Waals surface area contributed by atoms with Crippen molar-refractivity contribution in [3.8, 4) is 0 Å². The lowest BCUT2D eigenvalue weighted by Crippen LogP contribution is -2.28. The van der Waals surface area contributed by atoms with Gasteiger partial charge in [-0.3, -0.25) is 0 Å². The normalized spacial score (nSPS) is 26.5. The first-order chi connectivity index (χ1) is 7.29. The molecule has 1 aromatic rings. The van der Waals surface area contributed by atoms with Crippen LogP contribution in [0, 0.1) is 5.92 Å². The summed E-state index contributed by atoms with van der Waals surface area (Å²) in [5.41, 5.74) is 0. The summed E-state index contributed by atoms with van der Waals surface area (Å²) < 4.78 is 2.05. The quantitative estimate of drug-likeness (QED) is 0.826. The second-order valence-corrected chi connectivity index (χ2v) is 4.64. The average Bonchev–Trinajstić information content (AvgIpc) is 2.65. The second kappa shape index (κ2) is 4.69. The number of rotatable bonds is 3. The van der Waals surface area contributed by atoms with Gasteiger partial charge in [0.15, 0.2) is 0 Å². The molecule has 1 N–H and O–H groups in total. The maximum absolute atomic E-state index is 4.31. The molecule has 3 nitrogen and oxygen atoms in total. The van der Waals surface area contributed by atoms with Crippen LogP contribution in [0.1, 0.15) is 39.0 Å². The highest BCUT2D eigenvalue weighted by molar-refractivity contribution is 5.27. The van der Waals surface area contributed by atoms with E-state index in [1.807, 2.05) is 19.4 Å². The highest BCUT2D eigenvalue weighted by Crippen LogP contribution is 2.28. The van der Waals surface area contributed by atoms with Crippen molar-refractivity contribution in [1.82, 2.24) is 9.55 Å². The zero-order valence-electron chi connectivity index (χ0n) is 9.74. The van der Waals surface area contributed by atoms with E-state index in [-0.39, 0.29) is 0 Å². The third-order valence-corrected chi connectivity index (χ3v) is 3.51. The van der Waals surface area contributed by atoms with Crippen LogP contribution in [-0.2, 0) is 7.05 Å². The van der Waals surface area contributed by atoms with Crippen molar-refractivity contribution in [3.05, 3.63) is 12.4 Å². The highest BCUT2D eigenvalue weighted by atomic mass is 15.2. The van der Waals surface area contributed by atoms with Crippen molar-refractivity contribution in [1.29, 1.82) is 0 Å². The Hall–Kier alpha value is -0.990. The van der Waals surface area contributed by atoms with Crippen molar-refractivity contribution in [3.63, 3.8) is 0 Å². The van der Waals surface area contributed by atoms with Gasteiger partial charge in [0.1, 0.15) is 0 Å². The summed E-state index contributed by atoms with van der Waals surface area (Å²) >= 11 is 0. The molecule has 15 heavy (non-hydrogen) atoms. The summed E-state index contributed by atoms with van der Waals surface area (Å²) in [6, 6.07) is 0.629. The molecule has 84 valence electrons. The Kier molecular flexibility index (Phi) is 3.29. The molecule has 0 aliphatic heterocycles. The molecule has 1 saturated carbocycles. The summed E-state index contributed by atoms with van der Waals surface area (Å²) in [5.74, 6) is 1.92. The smallest absolute Gasteiger partial charge is 0.202 e. The van der Waals surface area contributed by atoms with E-state index < -0.39 is 0 Å². The van der Waals surface area contributed by atoms with E-state index >= 15 is 0 Å². The van der Waals surface area contributed by atoms with Gasteiger partial charge in [-0.15, -0.1) is 0 Å². The summed E-state index contributed by atoms with van der Waals surface area (Å²) in [4.78, 5) is 4.31. The van der Waals surface area contributed by atoms with Gasteiger partial charge in [0, 0.05) is 25.5 Å². The van der Waals surface area contributed by atoms with Crippen molar-refractivity contribution in [2.24, 2.45) is 13.0 Å². The molecule has 1 aromatic heterocycles. The number of anilines is 1. The van der Waals surface area contributed by atoms with Crippen LogP contribution in [0.5, 0.6) is 0 Å². The average molecular weight is 207 g/mol. The molecule has 0 spiro atoms. The molecular formula is C12H21N3. The molecular weight excluding hydrogens is 186 g/mol. The molecule has 1 aliphatic carbocycles. The summed E-state index contributed by atoms with van der Waals surface area (Å²) in [6.07, 6.45) is 10.5. The Bertz CT molecular complexity index is 306. The van der Waals surface area contributed by atoms with Gasteiger partial charge in [0.05, 0.1) is 0 Å². The van der Waals surface area contributed by atoms with Crippen molar-refractivity contribution in [2.75, 3.05) is 5.32 Å². The largest absolute Gasteiger partial charge is 0.353 e. The first-order valence-corrected chi connectivity index (χ1v) is 6.03. The molecule has 1 heterocycles. The lowest BCUT2D eigenvalue weighted by atomic mass is 9.84. The monoisotopic (exact) mass is 207 g/mol. The van der Waals surface area contributed by atoms with Crippen LogP contribution in [0.2, 0.25) is 0 Å². The number of aromatic nitrogens is 2. The molecule has 2 rings (SSSR count). The van der Waals surface area contributed by atoms with Crippen LogP contribution < -0.4 is 5.32 Å². The minimum Gasteiger partial charge on any atom is -0.353 e. The first-order valence-electron chi connectivity index (χ1n) is 6.03. The fourth-order valence-electron chi connectivity index (χ4n) is 2.48. The molecule has 0 aromatic carbocycles. The van der Waals surface area contributed by atoms with E-state index in [4.69, 9.17) is 0 Å². The SMILES string of the molecule is CCC1CCCC(Nc2nccn2C)C1. The lowest BCUT2D eigenvalue weighted by Gasteiger charge is -2.29. The molecule has 2 atom stereocenters. The number of nitrogens with zero attached hydrogens (tertiary/aromatic N) is 2. The van der Waals surface area contributed by atoms with Gasteiger partial charge in [0.25, 0.3) is 0 Å². The molecule has 1 aliphatic rings. The van der Waals surface area contributed by atoms with E-state index in [0.29, 0.717) is 6.04 Å². The van der Waals surface area contributed by atoms with Gasteiger partial charge < -0.3 is 9.88 Å². The van der Waals surface area contributed by atoms with Crippen molar-refractivity contribution < 1.29 is 0 Å². The Morgan fingerprint density at radius 3 is 3.07 bits per heavy atom. The second-order valence-electron chi connectivity index (χ2n) is 4.64. The fraction of sp³-hybridized carbons (Fsp3) is 0.750. The zero-order valence-corrected chi connectivity index (χ0v) is 9.74. The molecule has 0 amide bonds. The Balaban J connectivity index is 1.92. The topological polar surface area (TPSA) is 29.9 Å². The van der Waals surface area contributed by atoms with Crippen LogP contribution in [0.3, 0.4) is 0 Å². The van der Waals surface area contributed by atoms with Gasteiger partial charge in [-0.2, -0.15) is 0 Å². The Morgan fingerprint density at radius 2 is 2.40 bits per heavy atom. The standard InChI is InChI=1S/C12H21N3/c1-3-10-5-4-6-11(9-10)14-12-13-7-8-15(12)2/h7-8,10-11H,3-6,9H2,1-2H3,(H,13,14). The van der Waals surface area contributed by atoms with E-state index in [0.717, 1.165) is 11.9 Å². The number of hydrogen-bond acceptors (Lipinski definition) is 2. The highest BCUT2D eigenvalue weighted by Gasteiger charge is 2.21. The van der Waals surface area contributed by atoms with Crippen LogP contribution in [0.25, 0.3) is 0 Å². The summed E-state index contributed by atoms with van der Waals surface area (Å²) in [5, 5.41) is 3.55.